The van der Waals surface area contributed by atoms with Crippen molar-refractivity contribution in [2.24, 2.45) is 7.05 Å². The van der Waals surface area contributed by atoms with E-state index in [0.29, 0.717) is 24.8 Å². The number of hydrogen-bond acceptors (Lipinski definition) is 8. The van der Waals surface area contributed by atoms with Crippen LogP contribution in [0.1, 0.15) is 35.2 Å². The number of aryl methyl sites for hydroxylation is 1. The summed E-state index contributed by atoms with van der Waals surface area (Å²) in [4.78, 5) is 46.2. The van der Waals surface area contributed by atoms with E-state index >= 15 is 0 Å². The number of carbonyl (C=O) groups excluding carboxylic acids is 2. The second-order valence-corrected chi connectivity index (χ2v) is 5.97. The summed E-state index contributed by atoms with van der Waals surface area (Å²) in [6.07, 6.45) is 2.60. The maximum absolute atomic E-state index is 12.3. The van der Waals surface area contributed by atoms with Gasteiger partial charge in [-0.15, -0.1) is 0 Å². The van der Waals surface area contributed by atoms with Crippen LogP contribution in [0, 0.1) is 10.1 Å². The highest BCUT2D eigenvalue weighted by molar-refractivity contribution is 5.96. The van der Waals surface area contributed by atoms with Gasteiger partial charge in [-0.1, -0.05) is 6.07 Å². The van der Waals surface area contributed by atoms with Crippen molar-refractivity contribution >= 4 is 17.4 Å². The van der Waals surface area contributed by atoms with E-state index in [2.05, 4.69) is 10.4 Å². The van der Waals surface area contributed by atoms with Gasteiger partial charge in [-0.25, -0.2) is 9.59 Å². The van der Waals surface area contributed by atoms with E-state index < -0.39 is 22.3 Å². The molecule has 1 heterocycles. The largest absolute Gasteiger partial charge is 0.427 e. The number of hydrogen-bond donors (Lipinski definition) is 0. The van der Waals surface area contributed by atoms with E-state index in [1.165, 1.54) is 31.3 Å². The number of esters is 1. The Bertz CT molecular complexity index is 1020. The van der Waals surface area contributed by atoms with Gasteiger partial charge in [0.25, 0.3) is 5.69 Å². The molecule has 11 heteroatoms. The smallest absolute Gasteiger partial charge is 0.363 e. The van der Waals surface area contributed by atoms with Crippen LogP contribution in [0.5, 0.6) is 0 Å². The molecule has 2 aromatic rings. The molecular weight excluding hydrogens is 358 g/mol. The second kappa shape index (κ2) is 7.32. The van der Waals surface area contributed by atoms with Gasteiger partial charge in [0, 0.05) is 32.0 Å². The zero-order valence-corrected chi connectivity index (χ0v) is 14.3. The minimum Gasteiger partial charge on any atom is -0.427 e. The van der Waals surface area contributed by atoms with E-state index in [-0.39, 0.29) is 23.7 Å². The molecule has 1 aromatic carbocycles. The molecule has 1 aliphatic carbocycles. The molecule has 0 radical (unpaired) electrons. The third kappa shape index (κ3) is 3.97. The Morgan fingerprint density at radius 1 is 1.30 bits per heavy atom. The van der Waals surface area contributed by atoms with Gasteiger partial charge in [-0.3, -0.25) is 14.9 Å². The summed E-state index contributed by atoms with van der Waals surface area (Å²) < 4.78 is 7.20. The maximum Gasteiger partial charge on any atom is 0.363 e. The van der Waals surface area contributed by atoms with Crippen molar-refractivity contribution < 1.29 is 19.2 Å². The number of nitro benzene ring substituents is 1. The molecule has 0 saturated carbocycles. The maximum atomic E-state index is 12.3. The second-order valence-electron chi connectivity index (χ2n) is 5.97. The molecule has 0 atom stereocenters. The third-order valence-corrected chi connectivity index (χ3v) is 3.98. The van der Waals surface area contributed by atoms with Crippen molar-refractivity contribution in [2.75, 3.05) is 0 Å². The fourth-order valence-electron chi connectivity index (χ4n) is 2.64. The fourth-order valence-corrected chi connectivity index (χ4v) is 2.64. The molecule has 3 rings (SSSR count). The van der Waals surface area contributed by atoms with Crippen molar-refractivity contribution in [2.45, 2.75) is 25.8 Å². The average molecular weight is 373 g/mol. The van der Waals surface area contributed by atoms with Gasteiger partial charge >= 0.3 is 11.7 Å². The summed E-state index contributed by atoms with van der Waals surface area (Å²) in [5, 5.41) is 18.6. The first-order valence-corrected chi connectivity index (χ1v) is 8.05. The molecule has 1 aliphatic rings. The van der Waals surface area contributed by atoms with Gasteiger partial charge in [-0.05, 0) is 28.5 Å². The van der Waals surface area contributed by atoms with Crippen LogP contribution < -0.4 is 5.69 Å². The Morgan fingerprint density at radius 2 is 2.07 bits per heavy atom. The van der Waals surface area contributed by atoms with Crippen LogP contribution in [0.2, 0.25) is 0 Å². The quantitative estimate of drug-likeness (QED) is 0.424. The van der Waals surface area contributed by atoms with E-state index in [1.807, 2.05) is 0 Å². The predicted octanol–water partition coefficient (Wildman–Crippen LogP) is 0.727. The molecule has 0 fully saturated rings. The Hall–Kier alpha value is -3.63. The molecule has 1 aromatic heterocycles. The lowest BCUT2D eigenvalue weighted by atomic mass is 10.0. The number of tetrazole rings is 1. The standard InChI is InChI=1S/C16H15N5O6/c1-19-16(24)20(18-17-19)9-10-5-6-13(14(7-10)21(25)26)15(23)27-12-4-2-3-11(22)8-12/h5-8H,2-4,9H2,1H3. The van der Waals surface area contributed by atoms with Crippen LogP contribution in [-0.2, 0) is 23.1 Å². The molecule has 27 heavy (non-hydrogen) atoms. The number of nitro groups is 1. The van der Waals surface area contributed by atoms with Crippen molar-refractivity contribution in [1.29, 1.82) is 0 Å². The van der Waals surface area contributed by atoms with Crippen LogP contribution in [0.3, 0.4) is 0 Å². The number of allylic oxidation sites excluding steroid dienone is 2. The Kier molecular flexibility index (Phi) is 4.92. The van der Waals surface area contributed by atoms with Crippen LogP contribution in [-0.4, -0.2) is 36.5 Å². The first kappa shape index (κ1) is 18.2. The van der Waals surface area contributed by atoms with Crippen LogP contribution in [0.25, 0.3) is 0 Å². The summed E-state index contributed by atoms with van der Waals surface area (Å²) in [6, 6.07) is 3.89. The lowest BCUT2D eigenvalue weighted by Gasteiger charge is -2.12. The highest BCUT2D eigenvalue weighted by atomic mass is 16.6. The van der Waals surface area contributed by atoms with E-state index in [9.17, 15) is 24.5 Å². The van der Waals surface area contributed by atoms with Gasteiger partial charge < -0.3 is 4.74 Å². The lowest BCUT2D eigenvalue weighted by molar-refractivity contribution is -0.385. The summed E-state index contributed by atoms with van der Waals surface area (Å²) in [5.74, 6) is -0.866. The van der Waals surface area contributed by atoms with Gasteiger partial charge in [0.15, 0.2) is 5.78 Å². The minimum atomic E-state index is -0.911. The molecule has 0 aliphatic heterocycles. The molecule has 140 valence electrons. The molecule has 0 unspecified atom stereocenters. The van der Waals surface area contributed by atoms with Crippen LogP contribution in [0.4, 0.5) is 5.69 Å². The summed E-state index contributed by atoms with van der Waals surface area (Å²) in [6.45, 7) is -0.0392. The number of benzene rings is 1. The SMILES string of the molecule is Cn1nnn(Cc2ccc(C(=O)OC3=CC(=O)CCC3)c([N+](=O)[O-])c2)c1=O. The predicted molar refractivity (Wildman–Crippen MR) is 89.8 cm³/mol. The molecule has 0 N–H and O–H groups in total. The molecule has 0 saturated heterocycles. The van der Waals surface area contributed by atoms with Crippen molar-refractivity contribution in [3.63, 3.8) is 0 Å². The summed E-state index contributed by atoms with van der Waals surface area (Å²) in [7, 11) is 1.43. The monoisotopic (exact) mass is 373 g/mol. The first-order chi connectivity index (χ1) is 12.8. The van der Waals surface area contributed by atoms with Gasteiger partial charge in [0.1, 0.15) is 11.3 Å². The van der Waals surface area contributed by atoms with Crippen molar-refractivity contribution in [3.05, 3.63) is 61.8 Å². The Morgan fingerprint density at radius 3 is 2.70 bits per heavy atom. The van der Waals surface area contributed by atoms with Crippen molar-refractivity contribution in [3.8, 4) is 0 Å². The van der Waals surface area contributed by atoms with Crippen molar-refractivity contribution in [1.82, 2.24) is 19.8 Å². The van der Waals surface area contributed by atoms with Crippen LogP contribution in [0.15, 0.2) is 34.8 Å². The summed E-state index contributed by atoms with van der Waals surface area (Å²) in [5.41, 5.74) is -0.783. The van der Waals surface area contributed by atoms with Gasteiger partial charge in [-0.2, -0.15) is 9.36 Å². The highest BCUT2D eigenvalue weighted by Gasteiger charge is 2.24. The number of aromatic nitrogens is 4. The highest BCUT2D eigenvalue weighted by Crippen LogP contribution is 2.24. The van der Waals surface area contributed by atoms with E-state index in [4.69, 9.17) is 4.74 Å². The number of ketones is 1. The Balaban J connectivity index is 1.86. The normalized spacial score (nSPS) is 14.0. The molecule has 11 nitrogen and oxygen atoms in total. The molecule has 0 amide bonds. The third-order valence-electron chi connectivity index (χ3n) is 3.98. The number of ether oxygens (including phenoxy) is 1. The minimum absolute atomic E-state index is 0.0392. The van der Waals surface area contributed by atoms with E-state index in [1.54, 1.807) is 0 Å². The zero-order chi connectivity index (χ0) is 19.6. The molecule has 0 bridgehead atoms. The first-order valence-electron chi connectivity index (χ1n) is 8.05. The zero-order valence-electron chi connectivity index (χ0n) is 14.3. The van der Waals surface area contributed by atoms with Crippen LogP contribution >= 0.6 is 0 Å². The Labute approximate surface area is 152 Å². The fraction of sp³-hybridized carbons (Fsp3) is 0.312. The summed E-state index contributed by atoms with van der Waals surface area (Å²) >= 11 is 0. The number of nitrogens with zero attached hydrogens (tertiary/aromatic N) is 5. The number of rotatable bonds is 5. The van der Waals surface area contributed by atoms with E-state index in [0.717, 1.165) is 9.36 Å². The van der Waals surface area contributed by atoms with Gasteiger partial charge in [0.2, 0.25) is 0 Å². The average Bonchev–Trinajstić information content (AvgIpc) is 2.93. The molecular formula is C16H15N5O6. The number of carbonyl (C=O) groups is 2. The molecule has 0 spiro atoms. The lowest BCUT2D eigenvalue weighted by Crippen LogP contribution is -2.23. The van der Waals surface area contributed by atoms with Gasteiger partial charge in [0.05, 0.1) is 11.5 Å². The topological polar surface area (TPSA) is 139 Å².